The number of hydrogen-bond acceptors (Lipinski definition) is 3. The summed E-state index contributed by atoms with van der Waals surface area (Å²) in [5.74, 6) is -3.54. The minimum atomic E-state index is -1.18. The topological polar surface area (TPSA) is 112 Å². The van der Waals surface area contributed by atoms with Crippen molar-refractivity contribution in [2.24, 2.45) is 0 Å². The fourth-order valence-electron chi connectivity index (χ4n) is 3.78. The highest BCUT2D eigenvalue weighted by Crippen LogP contribution is 2.27. The molecule has 162 valence electrons. The van der Waals surface area contributed by atoms with Crippen LogP contribution in [0.4, 0.5) is 0 Å². The van der Waals surface area contributed by atoms with Crippen LogP contribution in [-0.4, -0.2) is 62.4 Å². The quantitative estimate of drug-likeness (QED) is 0.206. The standard InChI is InChI=1S/C21H37NO6/c1-5-6-7-8-9-10-11-12-13-14-15-22(16(2)19(23)24,17(3)20(25)26)18(4)21(27)28/h7-8,16-18H,5-6,9-15H2,1-4H3,(H2-,23,24,25,26,27,28)/p+1/b8-7+. The van der Waals surface area contributed by atoms with Gasteiger partial charge in [0.25, 0.3) is 0 Å². The highest BCUT2D eigenvalue weighted by Gasteiger charge is 2.52. The Morgan fingerprint density at radius 3 is 1.54 bits per heavy atom. The van der Waals surface area contributed by atoms with E-state index in [0.29, 0.717) is 6.42 Å². The minimum Gasteiger partial charge on any atom is -0.477 e. The number of quaternary nitrogens is 1. The molecule has 0 saturated heterocycles. The van der Waals surface area contributed by atoms with Crippen LogP contribution in [0.25, 0.3) is 0 Å². The van der Waals surface area contributed by atoms with Gasteiger partial charge in [0.2, 0.25) is 0 Å². The first kappa shape index (κ1) is 26.1. The molecule has 0 bridgehead atoms. The van der Waals surface area contributed by atoms with Gasteiger partial charge in [0.15, 0.2) is 18.1 Å². The van der Waals surface area contributed by atoms with Gasteiger partial charge in [0, 0.05) is 0 Å². The average Bonchev–Trinajstić information content (AvgIpc) is 2.64. The molecule has 0 fully saturated rings. The summed E-state index contributed by atoms with van der Waals surface area (Å²) in [7, 11) is 0. The van der Waals surface area contributed by atoms with Crippen molar-refractivity contribution in [1.29, 1.82) is 0 Å². The first-order valence-electron chi connectivity index (χ1n) is 10.3. The van der Waals surface area contributed by atoms with Gasteiger partial charge in [0.05, 0.1) is 6.54 Å². The van der Waals surface area contributed by atoms with Crippen LogP contribution in [0, 0.1) is 0 Å². The summed E-state index contributed by atoms with van der Waals surface area (Å²) in [6.07, 6.45) is 12.2. The molecule has 3 N–H and O–H groups in total. The molecule has 0 aliphatic rings. The molecule has 28 heavy (non-hydrogen) atoms. The summed E-state index contributed by atoms with van der Waals surface area (Å²) < 4.78 is -0.486. The number of allylic oxidation sites excluding steroid dienone is 2. The molecule has 3 atom stereocenters. The zero-order valence-electron chi connectivity index (χ0n) is 17.8. The molecule has 0 aliphatic heterocycles. The van der Waals surface area contributed by atoms with Gasteiger partial charge in [-0.1, -0.05) is 38.3 Å². The molecule has 0 radical (unpaired) electrons. The lowest BCUT2D eigenvalue weighted by atomic mass is 10.00. The highest BCUT2D eigenvalue weighted by molar-refractivity contribution is 5.77. The molecule has 0 aliphatic carbocycles. The summed E-state index contributed by atoms with van der Waals surface area (Å²) in [4.78, 5) is 35.0. The van der Waals surface area contributed by atoms with Crippen molar-refractivity contribution in [3.63, 3.8) is 0 Å². The van der Waals surface area contributed by atoms with Crippen LogP contribution in [0.1, 0.15) is 79.1 Å². The molecule has 7 heteroatoms. The predicted molar refractivity (Wildman–Crippen MR) is 108 cm³/mol. The van der Waals surface area contributed by atoms with Crippen molar-refractivity contribution in [2.45, 2.75) is 97.2 Å². The number of carboxylic acids is 3. The Morgan fingerprint density at radius 1 is 0.714 bits per heavy atom. The molecule has 0 spiro atoms. The maximum atomic E-state index is 11.7. The number of hydrogen-bond donors (Lipinski definition) is 3. The van der Waals surface area contributed by atoms with Crippen molar-refractivity contribution in [3.8, 4) is 0 Å². The van der Waals surface area contributed by atoms with Crippen molar-refractivity contribution in [3.05, 3.63) is 12.2 Å². The molecule has 0 saturated carbocycles. The largest absolute Gasteiger partial charge is 0.477 e. The third-order valence-electron chi connectivity index (χ3n) is 5.77. The van der Waals surface area contributed by atoms with Crippen LogP contribution >= 0.6 is 0 Å². The normalized spacial score (nSPS) is 17.0. The Bertz CT molecular complexity index is 481. The van der Waals surface area contributed by atoms with E-state index in [1.807, 2.05) is 0 Å². The SMILES string of the molecule is CCC/C=C/CCCCCCC[N+](C(C)C(=O)O)(C(C)C(=O)O)C(C)C(=O)O. The third-order valence-corrected chi connectivity index (χ3v) is 5.77. The number of carbonyl (C=O) groups is 3. The lowest BCUT2D eigenvalue weighted by molar-refractivity contribution is -0.968. The van der Waals surface area contributed by atoms with E-state index in [4.69, 9.17) is 0 Å². The van der Waals surface area contributed by atoms with Crippen LogP contribution in [0.2, 0.25) is 0 Å². The lowest BCUT2D eigenvalue weighted by Gasteiger charge is -2.47. The van der Waals surface area contributed by atoms with E-state index in [1.54, 1.807) is 0 Å². The van der Waals surface area contributed by atoms with Gasteiger partial charge in [-0.15, -0.1) is 0 Å². The van der Waals surface area contributed by atoms with Crippen LogP contribution in [0.15, 0.2) is 12.2 Å². The number of aliphatic carboxylic acids is 3. The van der Waals surface area contributed by atoms with Gasteiger partial charge in [-0.3, -0.25) is 4.48 Å². The number of carboxylic acid groups (broad SMARTS) is 3. The Balaban J connectivity index is 4.97. The van der Waals surface area contributed by atoms with Gasteiger partial charge >= 0.3 is 17.9 Å². The van der Waals surface area contributed by atoms with Crippen molar-refractivity contribution < 1.29 is 34.2 Å². The van der Waals surface area contributed by atoms with Crippen molar-refractivity contribution >= 4 is 17.9 Å². The van der Waals surface area contributed by atoms with Gasteiger partial charge in [-0.05, 0) is 52.9 Å². The molecular formula is C21H38NO6+. The molecular weight excluding hydrogens is 362 g/mol. The van der Waals surface area contributed by atoms with Gasteiger partial charge in [0.1, 0.15) is 0 Å². The Morgan fingerprint density at radius 2 is 1.11 bits per heavy atom. The maximum Gasteiger partial charge on any atom is 0.362 e. The summed E-state index contributed by atoms with van der Waals surface area (Å²) in [5, 5.41) is 28.6. The van der Waals surface area contributed by atoms with E-state index in [9.17, 15) is 29.7 Å². The molecule has 0 amide bonds. The summed E-state index contributed by atoms with van der Waals surface area (Å²) in [5.41, 5.74) is 0. The summed E-state index contributed by atoms with van der Waals surface area (Å²) in [6.45, 7) is 6.58. The van der Waals surface area contributed by atoms with E-state index in [-0.39, 0.29) is 6.54 Å². The first-order chi connectivity index (χ1) is 13.1. The van der Waals surface area contributed by atoms with E-state index in [1.165, 1.54) is 20.8 Å². The number of unbranched alkanes of at least 4 members (excludes halogenated alkanes) is 6. The second-order valence-electron chi connectivity index (χ2n) is 7.58. The Kier molecular flexibility index (Phi) is 12.4. The predicted octanol–water partition coefficient (Wildman–Crippen LogP) is 3.92. The fourth-order valence-corrected chi connectivity index (χ4v) is 3.78. The molecule has 3 unspecified atom stereocenters. The molecule has 0 heterocycles. The summed E-state index contributed by atoms with van der Waals surface area (Å²) in [6, 6.07) is -3.37. The van der Waals surface area contributed by atoms with Crippen LogP contribution in [0.5, 0.6) is 0 Å². The molecule has 7 nitrogen and oxygen atoms in total. The van der Waals surface area contributed by atoms with Gasteiger partial charge in [-0.2, -0.15) is 0 Å². The van der Waals surface area contributed by atoms with Crippen LogP contribution < -0.4 is 0 Å². The third kappa shape index (κ3) is 7.62. The Hall–Kier alpha value is -1.89. The lowest BCUT2D eigenvalue weighted by Crippen LogP contribution is -2.70. The average molecular weight is 401 g/mol. The van der Waals surface area contributed by atoms with E-state index in [2.05, 4.69) is 19.1 Å². The minimum absolute atomic E-state index is 0.213. The van der Waals surface area contributed by atoms with Gasteiger partial charge < -0.3 is 15.3 Å². The zero-order chi connectivity index (χ0) is 21.7. The monoisotopic (exact) mass is 400 g/mol. The molecule has 0 aromatic heterocycles. The molecule has 0 aromatic rings. The van der Waals surface area contributed by atoms with Gasteiger partial charge in [-0.25, -0.2) is 14.4 Å². The fraction of sp³-hybridized carbons (Fsp3) is 0.762. The molecule has 0 rings (SSSR count). The summed E-state index contributed by atoms with van der Waals surface area (Å²) >= 11 is 0. The second-order valence-corrected chi connectivity index (χ2v) is 7.58. The number of rotatable bonds is 16. The maximum absolute atomic E-state index is 11.7. The smallest absolute Gasteiger partial charge is 0.362 e. The van der Waals surface area contributed by atoms with Crippen LogP contribution in [0.3, 0.4) is 0 Å². The van der Waals surface area contributed by atoms with E-state index in [0.717, 1.165) is 44.9 Å². The van der Waals surface area contributed by atoms with Crippen molar-refractivity contribution in [2.75, 3.05) is 6.54 Å². The highest BCUT2D eigenvalue weighted by atomic mass is 16.4. The second kappa shape index (κ2) is 13.3. The van der Waals surface area contributed by atoms with Crippen molar-refractivity contribution in [1.82, 2.24) is 0 Å². The Labute approximate surface area is 168 Å². The van der Waals surface area contributed by atoms with E-state index < -0.39 is 40.5 Å². The first-order valence-corrected chi connectivity index (χ1v) is 10.3. The van der Waals surface area contributed by atoms with E-state index >= 15 is 0 Å². The number of nitrogens with zero attached hydrogens (tertiary/aromatic N) is 1. The van der Waals surface area contributed by atoms with Crippen LogP contribution in [-0.2, 0) is 14.4 Å². The zero-order valence-corrected chi connectivity index (χ0v) is 17.8. The molecule has 0 aromatic carbocycles.